The third kappa shape index (κ3) is 5.19. The number of ether oxygens (including phenoxy) is 5. The molecule has 1 spiro atoms. The van der Waals surface area contributed by atoms with Crippen LogP contribution >= 0.6 is 0 Å². The van der Waals surface area contributed by atoms with E-state index in [-0.39, 0.29) is 29.0 Å². The molecule has 2 fully saturated rings. The molecule has 0 unspecified atom stereocenters. The molecular formula is C27H40O6. The van der Waals surface area contributed by atoms with E-state index in [1.807, 2.05) is 40.7 Å². The third-order valence-electron chi connectivity index (χ3n) is 7.31. The smallest absolute Gasteiger partial charge is 0.335 e. The Morgan fingerprint density at radius 2 is 2.00 bits per heavy atom. The van der Waals surface area contributed by atoms with Crippen LogP contribution in [0, 0.1) is 11.3 Å². The van der Waals surface area contributed by atoms with Crippen molar-refractivity contribution in [1.82, 2.24) is 0 Å². The van der Waals surface area contributed by atoms with Crippen molar-refractivity contribution < 1.29 is 28.5 Å². The third-order valence-corrected chi connectivity index (χ3v) is 7.31. The summed E-state index contributed by atoms with van der Waals surface area (Å²) >= 11 is 0. The van der Waals surface area contributed by atoms with E-state index in [4.69, 9.17) is 23.7 Å². The highest BCUT2D eigenvalue weighted by atomic mass is 16.7. The summed E-state index contributed by atoms with van der Waals surface area (Å²) in [5.41, 5.74) is 0.866. The van der Waals surface area contributed by atoms with Crippen molar-refractivity contribution >= 4 is 5.97 Å². The molecule has 0 aromatic heterocycles. The van der Waals surface area contributed by atoms with Gasteiger partial charge in [-0.05, 0) is 64.5 Å². The SMILES string of the molecule is COC(C)(C)/C=C/C[C@@]1(C)CC=C2CO[C@H]3C[C@@](C)(OC)O[C@@]23[C@@H]1/C=C/OC(=O)C=C(C)C. The second-order valence-electron chi connectivity index (χ2n) is 10.7. The summed E-state index contributed by atoms with van der Waals surface area (Å²) in [4.78, 5) is 12.1. The van der Waals surface area contributed by atoms with Crippen molar-refractivity contribution in [2.45, 2.75) is 83.9 Å². The maximum Gasteiger partial charge on any atom is 0.335 e. The van der Waals surface area contributed by atoms with Crippen molar-refractivity contribution in [2.75, 3.05) is 20.8 Å². The van der Waals surface area contributed by atoms with Crippen molar-refractivity contribution in [2.24, 2.45) is 11.3 Å². The second kappa shape index (κ2) is 9.49. The van der Waals surface area contributed by atoms with E-state index in [0.29, 0.717) is 13.0 Å². The summed E-state index contributed by atoms with van der Waals surface area (Å²) in [7, 11) is 3.39. The van der Waals surface area contributed by atoms with Gasteiger partial charge in [0.15, 0.2) is 5.79 Å². The van der Waals surface area contributed by atoms with Crippen molar-refractivity contribution in [1.29, 1.82) is 0 Å². The number of allylic oxidation sites excluding steroid dienone is 3. The highest BCUT2D eigenvalue weighted by Crippen LogP contribution is 2.60. The summed E-state index contributed by atoms with van der Waals surface area (Å²) in [5.74, 6) is -1.20. The Balaban J connectivity index is 1.98. The summed E-state index contributed by atoms with van der Waals surface area (Å²) < 4.78 is 29.7. The first-order valence-electron chi connectivity index (χ1n) is 11.7. The van der Waals surface area contributed by atoms with Crippen LogP contribution in [0.5, 0.6) is 0 Å². The fourth-order valence-corrected chi connectivity index (χ4v) is 5.24. The minimum atomic E-state index is -0.735. The summed E-state index contributed by atoms with van der Waals surface area (Å²) in [6, 6.07) is 0. The maximum atomic E-state index is 12.1. The van der Waals surface area contributed by atoms with Crippen LogP contribution in [0.4, 0.5) is 0 Å². The molecule has 6 nitrogen and oxygen atoms in total. The van der Waals surface area contributed by atoms with Crippen LogP contribution in [-0.2, 0) is 28.5 Å². The number of rotatable bonds is 8. The maximum absolute atomic E-state index is 12.1. The molecule has 0 bridgehead atoms. The summed E-state index contributed by atoms with van der Waals surface area (Å²) in [5, 5.41) is 0. The van der Waals surface area contributed by atoms with Gasteiger partial charge in [0.1, 0.15) is 5.60 Å². The van der Waals surface area contributed by atoms with Gasteiger partial charge in [0, 0.05) is 32.6 Å². The van der Waals surface area contributed by atoms with Crippen LogP contribution in [0.15, 0.2) is 47.8 Å². The largest absolute Gasteiger partial charge is 0.432 e. The zero-order valence-corrected chi connectivity index (χ0v) is 21.4. The van der Waals surface area contributed by atoms with Crippen LogP contribution in [-0.4, -0.2) is 49.9 Å². The molecule has 2 heterocycles. The van der Waals surface area contributed by atoms with Gasteiger partial charge in [-0.15, -0.1) is 0 Å². The van der Waals surface area contributed by atoms with Gasteiger partial charge in [0.25, 0.3) is 0 Å². The van der Waals surface area contributed by atoms with Crippen molar-refractivity contribution in [3.8, 4) is 0 Å². The molecule has 1 aliphatic carbocycles. The van der Waals surface area contributed by atoms with E-state index in [1.54, 1.807) is 14.2 Å². The highest BCUT2D eigenvalue weighted by Gasteiger charge is 2.67. The van der Waals surface area contributed by atoms with Crippen LogP contribution in [0.2, 0.25) is 0 Å². The Kier molecular flexibility index (Phi) is 7.45. The molecule has 0 aromatic carbocycles. The number of methoxy groups -OCH3 is 2. The average molecular weight is 461 g/mol. The molecule has 0 amide bonds. The minimum absolute atomic E-state index is 0.0794. The zero-order valence-electron chi connectivity index (χ0n) is 21.4. The molecule has 3 aliphatic rings. The van der Waals surface area contributed by atoms with Gasteiger partial charge < -0.3 is 23.7 Å². The molecule has 0 saturated carbocycles. The fraction of sp³-hybridized carbons (Fsp3) is 0.667. The molecule has 3 rings (SSSR count). The van der Waals surface area contributed by atoms with E-state index in [1.165, 1.54) is 12.3 Å². The summed E-state index contributed by atoms with van der Waals surface area (Å²) in [6.07, 6.45) is 13.7. The van der Waals surface area contributed by atoms with Crippen LogP contribution in [0.25, 0.3) is 0 Å². The van der Waals surface area contributed by atoms with Crippen LogP contribution in [0.3, 0.4) is 0 Å². The highest BCUT2D eigenvalue weighted by molar-refractivity contribution is 5.83. The first kappa shape index (κ1) is 25.9. The van der Waals surface area contributed by atoms with Gasteiger partial charge in [-0.3, -0.25) is 0 Å². The molecule has 33 heavy (non-hydrogen) atoms. The van der Waals surface area contributed by atoms with Gasteiger partial charge in [-0.1, -0.05) is 30.7 Å². The fourth-order valence-electron chi connectivity index (χ4n) is 5.24. The van der Waals surface area contributed by atoms with Gasteiger partial charge in [-0.2, -0.15) is 0 Å². The van der Waals surface area contributed by atoms with Crippen molar-refractivity contribution in [3.05, 3.63) is 47.8 Å². The number of hydrogen-bond acceptors (Lipinski definition) is 6. The minimum Gasteiger partial charge on any atom is -0.432 e. The zero-order chi connectivity index (χ0) is 24.5. The lowest BCUT2D eigenvalue weighted by atomic mass is 9.58. The Morgan fingerprint density at radius 3 is 2.64 bits per heavy atom. The van der Waals surface area contributed by atoms with E-state index in [2.05, 4.69) is 25.2 Å². The monoisotopic (exact) mass is 460 g/mol. The summed E-state index contributed by atoms with van der Waals surface area (Å²) in [6.45, 7) is 12.6. The Labute approximate surface area is 198 Å². The van der Waals surface area contributed by atoms with E-state index < -0.39 is 11.4 Å². The quantitative estimate of drug-likeness (QED) is 0.213. The molecule has 2 saturated heterocycles. The lowest BCUT2D eigenvalue weighted by Crippen LogP contribution is -2.53. The number of carbonyl (C=O) groups is 1. The van der Waals surface area contributed by atoms with Gasteiger partial charge in [0.05, 0.1) is 24.6 Å². The first-order chi connectivity index (χ1) is 15.4. The molecule has 0 radical (unpaired) electrons. The lowest BCUT2D eigenvalue weighted by molar-refractivity contribution is -0.235. The van der Waals surface area contributed by atoms with Gasteiger partial charge >= 0.3 is 5.97 Å². The number of esters is 1. The Hall–Kier alpha value is -1.73. The lowest BCUT2D eigenvalue weighted by Gasteiger charge is -2.49. The molecule has 184 valence electrons. The topological polar surface area (TPSA) is 63.2 Å². The standard InChI is InChI=1S/C27H40O6/c1-19(2)16-23(28)31-15-11-21-25(5,13-9-12-24(3,4)29-7)14-10-20-18-32-22-17-26(6,30-8)33-27(20,21)22/h9-12,15-16,21-22H,13-14,17-18H2,1-8H3/b12-9+,15-11+/t21-,22+,25+,26+,27-/m1/s1. The van der Waals surface area contributed by atoms with Crippen LogP contribution < -0.4 is 0 Å². The number of carbonyl (C=O) groups excluding carboxylic acids is 1. The molecule has 0 N–H and O–H groups in total. The first-order valence-corrected chi connectivity index (χ1v) is 11.7. The second-order valence-corrected chi connectivity index (χ2v) is 10.7. The normalized spacial score (nSPS) is 36.1. The molecule has 2 aliphatic heterocycles. The van der Waals surface area contributed by atoms with Crippen molar-refractivity contribution in [3.63, 3.8) is 0 Å². The van der Waals surface area contributed by atoms with E-state index in [9.17, 15) is 4.79 Å². The van der Waals surface area contributed by atoms with E-state index >= 15 is 0 Å². The van der Waals surface area contributed by atoms with Gasteiger partial charge in [-0.25, -0.2) is 4.79 Å². The molecule has 5 atom stereocenters. The Bertz CT molecular complexity index is 864. The predicted molar refractivity (Wildman–Crippen MR) is 127 cm³/mol. The Morgan fingerprint density at radius 1 is 1.27 bits per heavy atom. The van der Waals surface area contributed by atoms with E-state index in [0.717, 1.165) is 24.0 Å². The number of hydrogen-bond donors (Lipinski definition) is 0. The van der Waals surface area contributed by atoms with Crippen LogP contribution in [0.1, 0.15) is 60.8 Å². The molecular weight excluding hydrogens is 420 g/mol. The predicted octanol–water partition coefficient (Wildman–Crippen LogP) is 5.25. The average Bonchev–Trinajstić information content (AvgIpc) is 3.21. The molecule has 0 aromatic rings. The van der Waals surface area contributed by atoms with Gasteiger partial charge in [0.2, 0.25) is 0 Å². The molecule has 6 heteroatoms.